The molecule has 1 aliphatic heterocycles. The summed E-state index contributed by atoms with van der Waals surface area (Å²) in [7, 11) is 0. The Morgan fingerprint density at radius 2 is 1.79 bits per heavy atom. The first-order chi connectivity index (χ1) is 15.8. The molecule has 0 aromatic heterocycles. The van der Waals surface area contributed by atoms with Crippen molar-refractivity contribution in [1.82, 2.24) is 10.2 Å². The third-order valence-corrected chi connectivity index (χ3v) is 8.50. The Balaban J connectivity index is 1.12. The summed E-state index contributed by atoms with van der Waals surface area (Å²) < 4.78 is 44.6. The summed E-state index contributed by atoms with van der Waals surface area (Å²) in [6, 6.07) is 6.07. The molecule has 1 heterocycles. The van der Waals surface area contributed by atoms with Crippen LogP contribution in [0.3, 0.4) is 0 Å². The van der Waals surface area contributed by atoms with E-state index in [0.29, 0.717) is 23.5 Å². The monoisotopic (exact) mass is 464 g/mol. The van der Waals surface area contributed by atoms with Gasteiger partial charge in [-0.15, -0.1) is 0 Å². The van der Waals surface area contributed by atoms with Crippen molar-refractivity contribution in [2.75, 3.05) is 13.1 Å². The van der Waals surface area contributed by atoms with Crippen LogP contribution in [0.5, 0.6) is 5.75 Å². The van der Waals surface area contributed by atoms with Crippen molar-refractivity contribution in [2.24, 2.45) is 23.7 Å². The average Bonchev–Trinajstić information content (AvgIpc) is 3.57. The van der Waals surface area contributed by atoms with Crippen molar-refractivity contribution in [3.8, 4) is 5.75 Å². The van der Waals surface area contributed by atoms with Gasteiger partial charge in [-0.1, -0.05) is 0 Å². The summed E-state index contributed by atoms with van der Waals surface area (Å²) in [5.41, 5.74) is -0.653. The number of hydrogen-bond donors (Lipinski definition) is 1. The molecule has 4 fully saturated rings. The standard InChI is InChI=1S/C26H35F3N2O2/c1-16(19-14-31(15-19)21-8-9-21)30-25(32)18-5-12-23-17(13-18)3-2-4-24(23)33-22-10-6-20(7-11-22)26(27,28)29/h6-7,10-11,16-19,21,23-24H,2-5,8-9,12-15H2,1H3,(H,30,32). The number of nitrogens with one attached hydrogen (secondary N) is 1. The van der Waals surface area contributed by atoms with Gasteiger partial charge >= 0.3 is 6.18 Å². The number of hydrogen-bond acceptors (Lipinski definition) is 3. The molecule has 4 aliphatic rings. The lowest BCUT2D eigenvalue weighted by atomic mass is 9.66. The Hall–Kier alpha value is -1.76. The smallest absolute Gasteiger partial charge is 0.416 e. The first-order valence-corrected chi connectivity index (χ1v) is 12.7. The van der Waals surface area contributed by atoms with Crippen LogP contribution in [-0.4, -0.2) is 42.1 Å². The van der Waals surface area contributed by atoms with E-state index in [9.17, 15) is 18.0 Å². The summed E-state index contributed by atoms with van der Waals surface area (Å²) in [5, 5.41) is 3.31. The van der Waals surface area contributed by atoms with E-state index in [1.807, 2.05) is 0 Å². The Kier molecular flexibility index (Phi) is 6.36. The minimum Gasteiger partial charge on any atom is -0.490 e. The van der Waals surface area contributed by atoms with Crippen molar-refractivity contribution in [2.45, 2.75) is 82.7 Å². The quantitative estimate of drug-likeness (QED) is 0.624. The van der Waals surface area contributed by atoms with Crippen LogP contribution in [0.2, 0.25) is 0 Å². The molecule has 4 nitrogen and oxygen atoms in total. The molecule has 5 rings (SSSR count). The number of halogens is 3. The lowest BCUT2D eigenvalue weighted by molar-refractivity contribution is -0.137. The number of ether oxygens (including phenoxy) is 1. The van der Waals surface area contributed by atoms with Crippen LogP contribution < -0.4 is 10.1 Å². The molecular weight excluding hydrogens is 429 g/mol. The number of carbonyl (C=O) groups excluding carboxylic acids is 1. The zero-order valence-corrected chi connectivity index (χ0v) is 19.3. The molecule has 5 atom stereocenters. The van der Waals surface area contributed by atoms with Crippen LogP contribution in [0.15, 0.2) is 24.3 Å². The zero-order valence-electron chi connectivity index (χ0n) is 19.3. The van der Waals surface area contributed by atoms with Crippen LogP contribution in [0, 0.1) is 23.7 Å². The van der Waals surface area contributed by atoms with Crippen LogP contribution in [0.4, 0.5) is 13.2 Å². The first-order valence-electron chi connectivity index (χ1n) is 12.7. The van der Waals surface area contributed by atoms with Crippen molar-refractivity contribution in [1.29, 1.82) is 0 Å². The second-order valence-corrected chi connectivity index (χ2v) is 10.8. The fourth-order valence-corrected chi connectivity index (χ4v) is 6.25. The Morgan fingerprint density at radius 1 is 1.06 bits per heavy atom. The van der Waals surface area contributed by atoms with E-state index in [1.54, 1.807) is 0 Å². The third kappa shape index (κ3) is 5.18. The first kappa shape index (κ1) is 23.0. The van der Waals surface area contributed by atoms with Crippen molar-refractivity contribution >= 4 is 5.91 Å². The lowest BCUT2D eigenvalue weighted by Gasteiger charge is -2.45. The van der Waals surface area contributed by atoms with Crippen LogP contribution >= 0.6 is 0 Å². The molecular formula is C26H35F3N2O2. The fraction of sp³-hybridized carbons (Fsp3) is 0.731. The minimum absolute atomic E-state index is 0.0202. The van der Waals surface area contributed by atoms with Gasteiger partial charge in [0.1, 0.15) is 11.9 Å². The highest BCUT2D eigenvalue weighted by molar-refractivity contribution is 5.79. The number of likely N-dealkylation sites (tertiary alicyclic amines) is 1. The highest BCUT2D eigenvalue weighted by Gasteiger charge is 2.43. The average molecular weight is 465 g/mol. The minimum atomic E-state index is -4.33. The largest absolute Gasteiger partial charge is 0.490 e. The molecule has 5 unspecified atom stereocenters. The number of carbonyl (C=O) groups is 1. The second-order valence-electron chi connectivity index (χ2n) is 10.8. The molecule has 1 amide bonds. The molecule has 0 spiro atoms. The summed E-state index contributed by atoms with van der Waals surface area (Å²) >= 11 is 0. The molecule has 33 heavy (non-hydrogen) atoms. The van der Waals surface area contributed by atoms with Gasteiger partial charge in [0.15, 0.2) is 0 Å². The number of alkyl halides is 3. The highest BCUT2D eigenvalue weighted by atomic mass is 19.4. The number of nitrogens with zero attached hydrogens (tertiary/aromatic N) is 1. The lowest BCUT2D eigenvalue weighted by Crippen LogP contribution is -2.57. The SMILES string of the molecule is CC(NC(=O)C1CCC2C(CCCC2Oc2ccc(C(F)(F)F)cc2)C1)C1CN(C2CC2)C1. The fourth-order valence-electron chi connectivity index (χ4n) is 6.25. The predicted molar refractivity (Wildman–Crippen MR) is 120 cm³/mol. The van der Waals surface area contributed by atoms with Gasteiger partial charge in [0.25, 0.3) is 0 Å². The summed E-state index contributed by atoms with van der Waals surface area (Å²) in [4.78, 5) is 15.5. The normalized spacial score (nSPS) is 31.9. The molecule has 1 aromatic rings. The molecule has 1 aromatic carbocycles. The number of fused-ring (bicyclic) bond motifs is 1. The van der Waals surface area contributed by atoms with Crippen LogP contribution in [-0.2, 0) is 11.0 Å². The molecule has 3 aliphatic carbocycles. The van der Waals surface area contributed by atoms with E-state index in [-0.39, 0.29) is 24.0 Å². The number of amides is 1. The number of rotatable bonds is 6. The van der Waals surface area contributed by atoms with Gasteiger partial charge in [-0.25, -0.2) is 0 Å². The zero-order chi connectivity index (χ0) is 23.2. The van der Waals surface area contributed by atoms with Crippen molar-refractivity contribution < 1.29 is 22.7 Å². The third-order valence-electron chi connectivity index (χ3n) is 8.50. The van der Waals surface area contributed by atoms with Crippen molar-refractivity contribution in [3.05, 3.63) is 29.8 Å². The van der Waals surface area contributed by atoms with Crippen molar-refractivity contribution in [3.63, 3.8) is 0 Å². The molecule has 0 bridgehead atoms. The van der Waals surface area contributed by atoms with Gasteiger partial charge in [0, 0.05) is 37.0 Å². The topological polar surface area (TPSA) is 41.6 Å². The van der Waals surface area contributed by atoms with Gasteiger partial charge in [0.2, 0.25) is 5.91 Å². The van der Waals surface area contributed by atoms with Gasteiger partial charge in [-0.05, 0) is 94.4 Å². The van der Waals surface area contributed by atoms with E-state index in [1.165, 1.54) is 25.0 Å². The van der Waals surface area contributed by atoms with Gasteiger partial charge in [0.05, 0.1) is 5.56 Å². The molecule has 0 radical (unpaired) electrons. The van der Waals surface area contributed by atoms with Crippen LogP contribution in [0.25, 0.3) is 0 Å². The summed E-state index contributed by atoms with van der Waals surface area (Å²) in [5.74, 6) is 2.17. The maximum atomic E-state index is 13.0. The maximum absolute atomic E-state index is 13.0. The van der Waals surface area contributed by atoms with Crippen LogP contribution in [0.1, 0.15) is 63.9 Å². The van der Waals surface area contributed by atoms with Gasteiger partial charge in [-0.3, -0.25) is 9.69 Å². The molecule has 3 saturated carbocycles. The highest BCUT2D eigenvalue weighted by Crippen LogP contribution is 2.44. The molecule has 7 heteroatoms. The van der Waals surface area contributed by atoms with E-state index in [0.717, 1.165) is 69.8 Å². The maximum Gasteiger partial charge on any atom is 0.416 e. The Morgan fingerprint density at radius 3 is 2.45 bits per heavy atom. The van der Waals surface area contributed by atoms with E-state index in [4.69, 9.17) is 4.74 Å². The van der Waals surface area contributed by atoms with Gasteiger partial charge in [-0.2, -0.15) is 13.2 Å². The Bertz CT molecular complexity index is 833. The second kappa shape index (κ2) is 9.12. The van der Waals surface area contributed by atoms with E-state index >= 15 is 0 Å². The molecule has 1 N–H and O–H groups in total. The molecule has 182 valence electrons. The summed E-state index contributed by atoms with van der Waals surface area (Å²) in [6.45, 7) is 4.38. The van der Waals surface area contributed by atoms with E-state index in [2.05, 4.69) is 17.1 Å². The van der Waals surface area contributed by atoms with E-state index < -0.39 is 11.7 Å². The van der Waals surface area contributed by atoms with Gasteiger partial charge < -0.3 is 10.1 Å². The number of benzene rings is 1. The molecule has 1 saturated heterocycles. The predicted octanol–water partition coefficient (Wildman–Crippen LogP) is 5.27. The summed E-state index contributed by atoms with van der Waals surface area (Å²) in [6.07, 6.45) is 4.14. The Labute approximate surface area is 194 Å².